The molecule has 0 aromatic heterocycles. The molecule has 1 aromatic carbocycles. The van der Waals surface area contributed by atoms with Crippen LogP contribution in [0.1, 0.15) is 133 Å². The second kappa shape index (κ2) is 19.6. The van der Waals surface area contributed by atoms with Gasteiger partial charge in [-0.1, -0.05) is 122 Å². The minimum Gasteiger partial charge on any atom is -0.293 e. The van der Waals surface area contributed by atoms with Crippen LogP contribution >= 0.6 is 0 Å². The van der Waals surface area contributed by atoms with E-state index in [1.54, 1.807) is 12.1 Å². The third kappa shape index (κ3) is 14.6. The molecule has 0 unspecified atom stereocenters. The van der Waals surface area contributed by atoms with Gasteiger partial charge in [0, 0.05) is 0 Å². The molecule has 1 rings (SSSR count). The number of rotatable bonds is 20. The van der Waals surface area contributed by atoms with Crippen LogP contribution in [0.3, 0.4) is 0 Å². The molecule has 0 amide bonds. The van der Waals surface area contributed by atoms with Crippen molar-refractivity contribution in [2.24, 2.45) is 0 Å². The van der Waals surface area contributed by atoms with Gasteiger partial charge in [-0.05, 0) is 30.5 Å². The number of carbonyl (C=O) groups excluding carboxylic acids is 1. The van der Waals surface area contributed by atoms with Crippen molar-refractivity contribution in [3.63, 3.8) is 0 Å². The first-order chi connectivity index (χ1) is 14.8. The molecule has 3 nitrogen and oxygen atoms in total. The summed E-state index contributed by atoms with van der Waals surface area (Å²) in [7, 11) is 0. The Morgan fingerprint density at radius 3 is 1.50 bits per heavy atom. The van der Waals surface area contributed by atoms with Gasteiger partial charge in [-0.3, -0.25) is 4.89 Å². The highest BCUT2D eigenvalue weighted by Crippen LogP contribution is 2.14. The zero-order chi connectivity index (χ0) is 21.7. The number of aryl methyl sites for hydroxylation is 1. The van der Waals surface area contributed by atoms with E-state index < -0.39 is 5.97 Å². The molecule has 172 valence electrons. The van der Waals surface area contributed by atoms with Crippen molar-refractivity contribution in [1.29, 1.82) is 0 Å². The molecule has 3 heteroatoms. The molecule has 0 saturated heterocycles. The smallest absolute Gasteiger partial charge is 0.293 e. The summed E-state index contributed by atoms with van der Waals surface area (Å²) >= 11 is 0. The maximum absolute atomic E-state index is 11.9. The van der Waals surface area contributed by atoms with Gasteiger partial charge >= 0.3 is 5.97 Å². The van der Waals surface area contributed by atoms with Crippen molar-refractivity contribution in [2.45, 2.75) is 123 Å². The van der Waals surface area contributed by atoms with E-state index in [1.807, 2.05) is 12.1 Å². The Balaban J connectivity index is 1.79. The van der Waals surface area contributed by atoms with Gasteiger partial charge in [0.25, 0.3) is 0 Å². The largest absolute Gasteiger partial charge is 0.373 e. The summed E-state index contributed by atoms with van der Waals surface area (Å²) in [6, 6.07) is 7.48. The molecule has 0 heterocycles. The Bertz CT molecular complexity index is 509. The highest BCUT2D eigenvalue weighted by Gasteiger charge is 2.07. The van der Waals surface area contributed by atoms with Gasteiger partial charge in [-0.15, -0.1) is 0 Å². The molecule has 0 saturated carbocycles. The SMILES string of the molecule is CCCCCCCCCCCCCCCCCCOOC(=O)c1ccc(CC)cc1. The lowest BCUT2D eigenvalue weighted by Gasteiger charge is -2.05. The number of hydrogen-bond donors (Lipinski definition) is 0. The summed E-state index contributed by atoms with van der Waals surface area (Å²) in [4.78, 5) is 21.8. The number of benzene rings is 1. The molecule has 0 fully saturated rings. The maximum atomic E-state index is 11.9. The highest BCUT2D eigenvalue weighted by molar-refractivity contribution is 5.88. The van der Waals surface area contributed by atoms with Crippen molar-refractivity contribution in [3.8, 4) is 0 Å². The van der Waals surface area contributed by atoms with Crippen molar-refractivity contribution in [1.82, 2.24) is 0 Å². The molecular weight excluding hydrogens is 372 g/mol. The van der Waals surface area contributed by atoms with E-state index in [9.17, 15) is 4.79 Å². The van der Waals surface area contributed by atoms with Crippen LogP contribution in [-0.2, 0) is 16.2 Å². The molecule has 0 aliphatic carbocycles. The van der Waals surface area contributed by atoms with E-state index in [2.05, 4.69) is 13.8 Å². The quantitative estimate of drug-likeness (QED) is 0.121. The maximum Gasteiger partial charge on any atom is 0.373 e. The van der Waals surface area contributed by atoms with Gasteiger partial charge in [-0.25, -0.2) is 4.79 Å². The van der Waals surface area contributed by atoms with Crippen LogP contribution in [0.4, 0.5) is 0 Å². The Kier molecular flexibility index (Phi) is 17.4. The van der Waals surface area contributed by atoms with Gasteiger partial charge in [0.1, 0.15) is 0 Å². The Morgan fingerprint density at radius 2 is 1.07 bits per heavy atom. The fourth-order valence-electron chi connectivity index (χ4n) is 3.73. The molecule has 0 spiro atoms. The van der Waals surface area contributed by atoms with Crippen molar-refractivity contribution in [3.05, 3.63) is 35.4 Å². The lowest BCUT2D eigenvalue weighted by Crippen LogP contribution is -2.07. The summed E-state index contributed by atoms with van der Waals surface area (Å²) < 4.78 is 0. The van der Waals surface area contributed by atoms with Crippen molar-refractivity contribution in [2.75, 3.05) is 6.61 Å². The van der Waals surface area contributed by atoms with Crippen LogP contribution < -0.4 is 0 Å². The molecule has 30 heavy (non-hydrogen) atoms. The lowest BCUT2D eigenvalue weighted by molar-refractivity contribution is -0.241. The summed E-state index contributed by atoms with van der Waals surface area (Å²) in [6.45, 7) is 4.86. The van der Waals surface area contributed by atoms with Crippen LogP contribution in [-0.4, -0.2) is 12.6 Å². The van der Waals surface area contributed by atoms with Gasteiger partial charge < -0.3 is 0 Å². The van der Waals surface area contributed by atoms with Crippen LogP contribution in [0.2, 0.25) is 0 Å². The topological polar surface area (TPSA) is 35.5 Å². The molecule has 0 aliphatic heterocycles. The Hall–Kier alpha value is -1.35. The van der Waals surface area contributed by atoms with Crippen molar-refractivity contribution < 1.29 is 14.6 Å². The van der Waals surface area contributed by atoms with Gasteiger partial charge in [0.15, 0.2) is 0 Å². The molecule has 0 N–H and O–H groups in total. The van der Waals surface area contributed by atoms with Gasteiger partial charge in [0.2, 0.25) is 0 Å². The average molecular weight is 419 g/mol. The molecule has 0 aliphatic rings. The Labute approximate surface area is 185 Å². The molecule has 0 radical (unpaired) electrons. The van der Waals surface area contributed by atoms with Crippen LogP contribution in [0, 0.1) is 0 Å². The highest BCUT2D eigenvalue weighted by atomic mass is 17.2. The van der Waals surface area contributed by atoms with Crippen LogP contribution in [0.25, 0.3) is 0 Å². The van der Waals surface area contributed by atoms with Crippen molar-refractivity contribution >= 4 is 5.97 Å². The predicted molar refractivity (Wildman–Crippen MR) is 127 cm³/mol. The fourth-order valence-corrected chi connectivity index (χ4v) is 3.73. The standard InChI is InChI=1S/C27H46O3/c1-3-5-6-7-8-9-10-11-12-13-14-15-16-17-18-19-24-29-30-27(28)26-22-20-25(4-2)21-23-26/h20-23H,3-19,24H2,1-2H3. The number of carbonyl (C=O) groups is 1. The molecule has 0 atom stereocenters. The molecule has 1 aromatic rings. The minimum absolute atomic E-state index is 0.408. The van der Waals surface area contributed by atoms with E-state index in [1.165, 1.54) is 95.5 Å². The third-order valence-corrected chi connectivity index (χ3v) is 5.81. The normalized spacial score (nSPS) is 11.0. The van der Waals surface area contributed by atoms with E-state index in [4.69, 9.17) is 9.78 Å². The first kappa shape index (κ1) is 26.7. The first-order valence-corrected chi connectivity index (χ1v) is 12.7. The second-order valence-corrected chi connectivity index (χ2v) is 8.55. The monoisotopic (exact) mass is 418 g/mol. The number of unbranched alkanes of at least 4 members (excludes halogenated alkanes) is 15. The lowest BCUT2D eigenvalue weighted by atomic mass is 10.0. The fraction of sp³-hybridized carbons (Fsp3) is 0.741. The first-order valence-electron chi connectivity index (χ1n) is 12.7. The predicted octanol–water partition coefficient (Wildman–Crippen LogP) is 8.60. The summed E-state index contributed by atoms with van der Waals surface area (Å²) in [6.07, 6.45) is 22.5. The Morgan fingerprint density at radius 1 is 0.633 bits per heavy atom. The molecule has 0 bridgehead atoms. The summed E-state index contributed by atoms with van der Waals surface area (Å²) in [5, 5.41) is 0. The average Bonchev–Trinajstić information content (AvgIpc) is 2.78. The van der Waals surface area contributed by atoms with Gasteiger partial charge in [0.05, 0.1) is 12.2 Å². The third-order valence-electron chi connectivity index (χ3n) is 5.81. The second-order valence-electron chi connectivity index (χ2n) is 8.55. The summed E-state index contributed by atoms with van der Waals surface area (Å²) in [5.41, 5.74) is 1.75. The summed E-state index contributed by atoms with van der Waals surface area (Å²) in [5.74, 6) is -0.408. The van der Waals surface area contributed by atoms with Crippen LogP contribution in [0.5, 0.6) is 0 Å². The van der Waals surface area contributed by atoms with E-state index >= 15 is 0 Å². The zero-order valence-electron chi connectivity index (χ0n) is 19.8. The van der Waals surface area contributed by atoms with E-state index in [0.717, 1.165) is 19.3 Å². The van der Waals surface area contributed by atoms with Crippen LogP contribution in [0.15, 0.2) is 24.3 Å². The molecular formula is C27H46O3. The number of hydrogen-bond acceptors (Lipinski definition) is 3. The van der Waals surface area contributed by atoms with Gasteiger partial charge in [-0.2, -0.15) is 4.89 Å². The minimum atomic E-state index is -0.408. The zero-order valence-corrected chi connectivity index (χ0v) is 19.8. The van der Waals surface area contributed by atoms with E-state index in [-0.39, 0.29) is 0 Å². The van der Waals surface area contributed by atoms with E-state index in [0.29, 0.717) is 12.2 Å².